The van der Waals surface area contributed by atoms with Gasteiger partial charge in [0.25, 0.3) is 0 Å². The molecule has 0 saturated heterocycles. The summed E-state index contributed by atoms with van der Waals surface area (Å²) >= 11 is 0. The Morgan fingerprint density at radius 2 is 1.62 bits per heavy atom. The van der Waals surface area contributed by atoms with Crippen molar-refractivity contribution in [1.82, 2.24) is 0 Å². The third kappa shape index (κ3) is 5.16. The van der Waals surface area contributed by atoms with Crippen LogP contribution in [0.25, 0.3) is 0 Å². The maximum atomic E-state index is 12.0. The molecule has 0 saturated carbocycles. The maximum absolute atomic E-state index is 12.0. The summed E-state index contributed by atoms with van der Waals surface area (Å²) in [6.45, 7) is 1.44. The summed E-state index contributed by atoms with van der Waals surface area (Å²) in [4.78, 5) is 0. The standard InChI is InChI=1S/C12H15F3O/c1-11(16,7-8-12(13,14)15)9-10-5-3-2-4-6-10/h2-6,16H,7-9H2,1H3. The average Bonchev–Trinajstić information content (AvgIpc) is 2.15. The van der Waals surface area contributed by atoms with Gasteiger partial charge in [0.2, 0.25) is 0 Å². The zero-order valence-corrected chi connectivity index (χ0v) is 9.09. The van der Waals surface area contributed by atoms with E-state index in [1.807, 2.05) is 6.07 Å². The molecular weight excluding hydrogens is 217 g/mol. The largest absolute Gasteiger partial charge is 0.390 e. The predicted molar refractivity (Wildman–Crippen MR) is 56.1 cm³/mol. The minimum atomic E-state index is -4.21. The molecule has 90 valence electrons. The summed E-state index contributed by atoms with van der Waals surface area (Å²) in [6.07, 6.45) is -5.19. The second-order valence-corrected chi connectivity index (χ2v) is 4.27. The molecular formula is C12H15F3O. The smallest absolute Gasteiger partial charge is 0.389 e. The van der Waals surface area contributed by atoms with Gasteiger partial charge in [-0.3, -0.25) is 0 Å². The quantitative estimate of drug-likeness (QED) is 0.844. The van der Waals surface area contributed by atoms with E-state index in [0.717, 1.165) is 5.56 Å². The topological polar surface area (TPSA) is 20.2 Å². The zero-order valence-electron chi connectivity index (χ0n) is 9.09. The molecule has 0 bridgehead atoms. The lowest BCUT2D eigenvalue weighted by Gasteiger charge is -2.24. The minimum Gasteiger partial charge on any atom is -0.390 e. The van der Waals surface area contributed by atoms with E-state index in [4.69, 9.17) is 0 Å². The molecule has 4 heteroatoms. The normalized spacial score (nSPS) is 15.8. The summed E-state index contributed by atoms with van der Waals surface area (Å²) in [7, 11) is 0. The van der Waals surface area contributed by atoms with Gasteiger partial charge in [0.1, 0.15) is 0 Å². The van der Waals surface area contributed by atoms with Gasteiger partial charge >= 0.3 is 6.18 Å². The predicted octanol–water partition coefficient (Wildman–Crippen LogP) is 3.32. The molecule has 0 aliphatic heterocycles. The number of alkyl halides is 3. The lowest BCUT2D eigenvalue weighted by Crippen LogP contribution is -2.29. The van der Waals surface area contributed by atoms with Crippen LogP contribution in [0.15, 0.2) is 30.3 Å². The van der Waals surface area contributed by atoms with Crippen LogP contribution >= 0.6 is 0 Å². The number of aliphatic hydroxyl groups is 1. The van der Waals surface area contributed by atoms with Crippen molar-refractivity contribution in [2.24, 2.45) is 0 Å². The van der Waals surface area contributed by atoms with Gasteiger partial charge < -0.3 is 5.11 Å². The van der Waals surface area contributed by atoms with Crippen molar-refractivity contribution in [1.29, 1.82) is 0 Å². The zero-order chi connectivity index (χ0) is 12.2. The molecule has 0 fully saturated rings. The fraction of sp³-hybridized carbons (Fsp3) is 0.500. The number of rotatable bonds is 4. The summed E-state index contributed by atoms with van der Waals surface area (Å²) in [5.41, 5.74) is -0.466. The minimum absolute atomic E-state index is 0.240. The van der Waals surface area contributed by atoms with Crippen molar-refractivity contribution in [2.75, 3.05) is 0 Å². The first kappa shape index (κ1) is 13.0. The van der Waals surface area contributed by atoms with Crippen molar-refractivity contribution in [2.45, 2.75) is 38.0 Å². The highest BCUT2D eigenvalue weighted by Crippen LogP contribution is 2.27. The highest BCUT2D eigenvalue weighted by molar-refractivity contribution is 5.16. The first-order chi connectivity index (χ1) is 7.29. The van der Waals surface area contributed by atoms with E-state index < -0.39 is 18.2 Å². The van der Waals surface area contributed by atoms with Crippen LogP contribution < -0.4 is 0 Å². The molecule has 0 amide bonds. The third-order valence-electron chi connectivity index (χ3n) is 2.37. The van der Waals surface area contributed by atoms with Crippen LogP contribution in [-0.4, -0.2) is 16.9 Å². The number of hydrogen-bond acceptors (Lipinski definition) is 1. The Balaban J connectivity index is 2.52. The summed E-state index contributed by atoms with van der Waals surface area (Å²) in [5, 5.41) is 9.83. The van der Waals surface area contributed by atoms with Crippen LogP contribution in [0, 0.1) is 0 Å². The summed E-state index contributed by atoms with van der Waals surface area (Å²) in [6, 6.07) is 9.02. The third-order valence-corrected chi connectivity index (χ3v) is 2.37. The van der Waals surface area contributed by atoms with Crippen molar-refractivity contribution in [3.63, 3.8) is 0 Å². The number of benzene rings is 1. The second-order valence-electron chi connectivity index (χ2n) is 4.27. The molecule has 0 radical (unpaired) electrons. The van der Waals surface area contributed by atoms with Gasteiger partial charge in [0, 0.05) is 12.8 Å². The summed E-state index contributed by atoms with van der Waals surface area (Å²) < 4.78 is 36.0. The average molecular weight is 232 g/mol. The molecule has 0 spiro atoms. The van der Waals surface area contributed by atoms with Gasteiger partial charge in [0.15, 0.2) is 0 Å². The fourth-order valence-corrected chi connectivity index (χ4v) is 1.54. The van der Waals surface area contributed by atoms with Crippen LogP contribution in [0.5, 0.6) is 0 Å². The maximum Gasteiger partial charge on any atom is 0.389 e. The fourth-order valence-electron chi connectivity index (χ4n) is 1.54. The highest BCUT2D eigenvalue weighted by atomic mass is 19.4. The molecule has 1 N–H and O–H groups in total. The Morgan fingerprint density at radius 1 is 1.06 bits per heavy atom. The van der Waals surface area contributed by atoms with E-state index in [0.29, 0.717) is 0 Å². The van der Waals surface area contributed by atoms with Gasteiger partial charge in [-0.05, 0) is 18.9 Å². The molecule has 0 aliphatic rings. The Kier molecular flexibility index (Phi) is 3.97. The van der Waals surface area contributed by atoms with Gasteiger partial charge in [-0.2, -0.15) is 13.2 Å². The number of halogens is 3. The molecule has 0 aromatic heterocycles. The van der Waals surface area contributed by atoms with Crippen molar-refractivity contribution in [3.8, 4) is 0 Å². The lowest BCUT2D eigenvalue weighted by molar-refractivity contribution is -0.145. The van der Waals surface area contributed by atoms with Crippen LogP contribution in [0.3, 0.4) is 0 Å². The van der Waals surface area contributed by atoms with E-state index in [1.165, 1.54) is 6.92 Å². The van der Waals surface area contributed by atoms with E-state index in [-0.39, 0.29) is 12.8 Å². The van der Waals surface area contributed by atoms with E-state index in [1.54, 1.807) is 24.3 Å². The van der Waals surface area contributed by atoms with Crippen LogP contribution in [0.1, 0.15) is 25.3 Å². The van der Waals surface area contributed by atoms with Crippen molar-refractivity contribution < 1.29 is 18.3 Å². The van der Waals surface area contributed by atoms with Gasteiger partial charge in [0.05, 0.1) is 5.60 Å². The first-order valence-electron chi connectivity index (χ1n) is 5.12. The molecule has 1 unspecified atom stereocenters. The SMILES string of the molecule is CC(O)(CCC(F)(F)F)Cc1ccccc1. The molecule has 1 rings (SSSR count). The van der Waals surface area contributed by atoms with Gasteiger partial charge in [-0.25, -0.2) is 0 Å². The Labute approximate surface area is 92.9 Å². The van der Waals surface area contributed by atoms with Crippen LogP contribution in [0.4, 0.5) is 13.2 Å². The lowest BCUT2D eigenvalue weighted by atomic mass is 9.92. The molecule has 1 atom stereocenters. The molecule has 1 aromatic rings. The molecule has 16 heavy (non-hydrogen) atoms. The second kappa shape index (κ2) is 4.87. The molecule has 1 nitrogen and oxygen atoms in total. The van der Waals surface area contributed by atoms with Gasteiger partial charge in [-0.15, -0.1) is 0 Å². The number of hydrogen-bond donors (Lipinski definition) is 1. The van der Waals surface area contributed by atoms with E-state index in [2.05, 4.69) is 0 Å². The summed E-state index contributed by atoms with van der Waals surface area (Å²) in [5.74, 6) is 0. The van der Waals surface area contributed by atoms with Gasteiger partial charge in [-0.1, -0.05) is 30.3 Å². The molecule has 0 aliphatic carbocycles. The monoisotopic (exact) mass is 232 g/mol. The molecule has 1 aromatic carbocycles. The first-order valence-corrected chi connectivity index (χ1v) is 5.12. The van der Waals surface area contributed by atoms with Crippen molar-refractivity contribution >= 4 is 0 Å². The Bertz CT molecular complexity index is 317. The van der Waals surface area contributed by atoms with E-state index >= 15 is 0 Å². The Morgan fingerprint density at radius 3 is 2.12 bits per heavy atom. The highest BCUT2D eigenvalue weighted by Gasteiger charge is 2.32. The van der Waals surface area contributed by atoms with Crippen molar-refractivity contribution in [3.05, 3.63) is 35.9 Å². The van der Waals surface area contributed by atoms with E-state index in [9.17, 15) is 18.3 Å². The van der Waals surface area contributed by atoms with Crippen LogP contribution in [0.2, 0.25) is 0 Å². The Hall–Kier alpha value is -1.03. The van der Waals surface area contributed by atoms with Crippen LogP contribution in [-0.2, 0) is 6.42 Å². The molecule has 0 heterocycles.